The summed E-state index contributed by atoms with van der Waals surface area (Å²) in [6.07, 6.45) is 0.950. The number of nitrogen functional groups attached to an aromatic ring is 1. The SMILES string of the molecule is Nc1ccccc1CNC1CC(N)c2ccccc21. The Labute approximate surface area is 113 Å². The summed E-state index contributed by atoms with van der Waals surface area (Å²) < 4.78 is 0. The molecule has 0 radical (unpaired) electrons. The predicted molar refractivity (Wildman–Crippen MR) is 78.4 cm³/mol. The maximum absolute atomic E-state index is 6.17. The monoisotopic (exact) mass is 253 g/mol. The first-order valence-corrected chi connectivity index (χ1v) is 6.67. The Balaban J connectivity index is 1.74. The molecule has 0 saturated heterocycles. The molecule has 0 heterocycles. The Morgan fingerprint density at radius 1 is 1.00 bits per heavy atom. The molecule has 3 nitrogen and oxygen atoms in total. The lowest BCUT2D eigenvalue weighted by molar-refractivity contribution is 0.499. The van der Waals surface area contributed by atoms with Gasteiger partial charge in [-0.2, -0.15) is 0 Å². The van der Waals surface area contributed by atoms with Crippen LogP contribution in [-0.4, -0.2) is 0 Å². The van der Waals surface area contributed by atoms with Crippen molar-refractivity contribution in [3.63, 3.8) is 0 Å². The summed E-state index contributed by atoms with van der Waals surface area (Å²) in [6.45, 7) is 0.776. The summed E-state index contributed by atoms with van der Waals surface area (Å²) in [4.78, 5) is 0. The van der Waals surface area contributed by atoms with E-state index in [-0.39, 0.29) is 6.04 Å². The predicted octanol–water partition coefficient (Wildman–Crippen LogP) is 2.50. The van der Waals surface area contributed by atoms with Crippen molar-refractivity contribution in [3.8, 4) is 0 Å². The van der Waals surface area contributed by atoms with E-state index in [1.165, 1.54) is 11.1 Å². The maximum atomic E-state index is 6.17. The van der Waals surface area contributed by atoms with Gasteiger partial charge in [0, 0.05) is 24.3 Å². The number of anilines is 1. The average molecular weight is 253 g/mol. The van der Waals surface area contributed by atoms with Crippen molar-refractivity contribution in [3.05, 3.63) is 65.2 Å². The first kappa shape index (κ1) is 12.2. The van der Waals surface area contributed by atoms with E-state index in [2.05, 4.69) is 35.6 Å². The number of hydrogen-bond donors (Lipinski definition) is 3. The van der Waals surface area contributed by atoms with Crippen LogP contribution in [0.3, 0.4) is 0 Å². The van der Waals surface area contributed by atoms with Gasteiger partial charge in [-0.15, -0.1) is 0 Å². The molecule has 3 rings (SSSR count). The van der Waals surface area contributed by atoms with Crippen molar-refractivity contribution >= 4 is 5.69 Å². The number of benzene rings is 2. The van der Waals surface area contributed by atoms with E-state index in [1.807, 2.05) is 18.2 Å². The number of nitrogens with two attached hydrogens (primary N) is 2. The third kappa shape index (κ3) is 2.35. The fourth-order valence-corrected chi connectivity index (χ4v) is 2.80. The molecule has 0 aliphatic heterocycles. The molecule has 2 atom stereocenters. The molecule has 5 N–H and O–H groups in total. The molecule has 2 unspecified atom stereocenters. The van der Waals surface area contributed by atoms with Gasteiger partial charge in [-0.1, -0.05) is 42.5 Å². The lowest BCUT2D eigenvalue weighted by Crippen LogP contribution is -2.20. The van der Waals surface area contributed by atoms with Crippen LogP contribution in [0.1, 0.15) is 35.2 Å². The topological polar surface area (TPSA) is 64.1 Å². The Hall–Kier alpha value is -1.84. The van der Waals surface area contributed by atoms with Crippen molar-refractivity contribution in [2.24, 2.45) is 5.73 Å². The minimum atomic E-state index is 0.141. The third-order valence-corrected chi connectivity index (χ3v) is 3.85. The van der Waals surface area contributed by atoms with Gasteiger partial charge in [0.15, 0.2) is 0 Å². The lowest BCUT2D eigenvalue weighted by atomic mass is 10.1. The van der Waals surface area contributed by atoms with Crippen LogP contribution >= 0.6 is 0 Å². The molecule has 3 heteroatoms. The third-order valence-electron chi connectivity index (χ3n) is 3.85. The molecule has 0 amide bonds. The van der Waals surface area contributed by atoms with E-state index in [1.54, 1.807) is 0 Å². The van der Waals surface area contributed by atoms with Crippen molar-refractivity contribution < 1.29 is 0 Å². The highest BCUT2D eigenvalue weighted by molar-refractivity contribution is 5.46. The molecule has 0 saturated carbocycles. The summed E-state index contributed by atoms with van der Waals surface area (Å²) in [5, 5.41) is 3.57. The Kier molecular flexibility index (Phi) is 3.23. The first-order valence-electron chi connectivity index (χ1n) is 6.67. The minimum Gasteiger partial charge on any atom is -0.398 e. The van der Waals surface area contributed by atoms with Gasteiger partial charge in [-0.3, -0.25) is 0 Å². The van der Waals surface area contributed by atoms with E-state index < -0.39 is 0 Å². The van der Waals surface area contributed by atoms with Gasteiger partial charge < -0.3 is 16.8 Å². The van der Waals surface area contributed by atoms with Crippen molar-refractivity contribution in [2.45, 2.75) is 25.0 Å². The summed E-state index contributed by atoms with van der Waals surface area (Å²) in [5.41, 5.74) is 16.7. The highest BCUT2D eigenvalue weighted by Gasteiger charge is 2.27. The molecule has 1 aliphatic carbocycles. The normalized spacial score (nSPS) is 21.3. The van der Waals surface area contributed by atoms with E-state index in [4.69, 9.17) is 11.5 Å². The molecule has 1 aliphatic rings. The van der Waals surface area contributed by atoms with E-state index in [0.29, 0.717) is 6.04 Å². The first-order chi connectivity index (χ1) is 9.25. The molecule has 0 fully saturated rings. The van der Waals surface area contributed by atoms with E-state index in [0.717, 1.165) is 24.2 Å². The molecule has 98 valence electrons. The molecule has 19 heavy (non-hydrogen) atoms. The zero-order valence-corrected chi connectivity index (χ0v) is 10.8. The minimum absolute atomic E-state index is 0.141. The van der Waals surface area contributed by atoms with Gasteiger partial charge in [0.25, 0.3) is 0 Å². The fourth-order valence-electron chi connectivity index (χ4n) is 2.80. The van der Waals surface area contributed by atoms with Gasteiger partial charge in [-0.25, -0.2) is 0 Å². The van der Waals surface area contributed by atoms with Gasteiger partial charge in [0.1, 0.15) is 0 Å². The fraction of sp³-hybridized carbons (Fsp3) is 0.250. The van der Waals surface area contributed by atoms with Crippen molar-refractivity contribution in [1.82, 2.24) is 5.32 Å². The highest BCUT2D eigenvalue weighted by Crippen LogP contribution is 2.37. The Morgan fingerprint density at radius 3 is 2.47 bits per heavy atom. The van der Waals surface area contributed by atoms with Crippen molar-refractivity contribution in [1.29, 1.82) is 0 Å². The molecule has 2 aromatic rings. The zero-order chi connectivity index (χ0) is 13.2. The molecule has 0 aromatic heterocycles. The second kappa shape index (κ2) is 5.03. The van der Waals surface area contributed by atoms with Gasteiger partial charge >= 0.3 is 0 Å². The summed E-state index contributed by atoms with van der Waals surface area (Å²) in [5.74, 6) is 0. The smallest absolute Gasteiger partial charge is 0.0359 e. The van der Waals surface area contributed by atoms with Crippen LogP contribution in [0.4, 0.5) is 5.69 Å². The zero-order valence-electron chi connectivity index (χ0n) is 10.8. The lowest BCUT2D eigenvalue weighted by Gasteiger charge is -2.15. The summed E-state index contributed by atoms with van der Waals surface area (Å²) >= 11 is 0. The molecular weight excluding hydrogens is 234 g/mol. The van der Waals surface area contributed by atoms with Crippen LogP contribution in [0, 0.1) is 0 Å². The van der Waals surface area contributed by atoms with Gasteiger partial charge in [0.2, 0.25) is 0 Å². The van der Waals surface area contributed by atoms with Crippen LogP contribution in [0.15, 0.2) is 48.5 Å². The highest BCUT2D eigenvalue weighted by atomic mass is 14.9. The van der Waals surface area contributed by atoms with E-state index in [9.17, 15) is 0 Å². The average Bonchev–Trinajstić information content (AvgIpc) is 2.75. The number of para-hydroxylation sites is 1. The molecular formula is C16H19N3. The van der Waals surface area contributed by atoms with Gasteiger partial charge in [-0.05, 0) is 29.2 Å². The largest absolute Gasteiger partial charge is 0.398 e. The van der Waals surface area contributed by atoms with Crippen LogP contribution in [0.2, 0.25) is 0 Å². The number of nitrogens with one attached hydrogen (secondary N) is 1. The molecule has 2 aromatic carbocycles. The second-order valence-corrected chi connectivity index (χ2v) is 5.10. The van der Waals surface area contributed by atoms with Crippen LogP contribution in [0.5, 0.6) is 0 Å². The van der Waals surface area contributed by atoms with E-state index >= 15 is 0 Å². The van der Waals surface area contributed by atoms with Crippen molar-refractivity contribution in [2.75, 3.05) is 5.73 Å². The Morgan fingerprint density at radius 2 is 1.68 bits per heavy atom. The second-order valence-electron chi connectivity index (χ2n) is 5.10. The molecule has 0 spiro atoms. The maximum Gasteiger partial charge on any atom is 0.0359 e. The van der Waals surface area contributed by atoms with Gasteiger partial charge in [0.05, 0.1) is 0 Å². The quantitative estimate of drug-likeness (QED) is 0.736. The standard InChI is InChI=1S/C16H19N3/c17-14-8-4-1-5-11(14)10-19-16-9-15(18)12-6-2-3-7-13(12)16/h1-8,15-16,19H,9-10,17-18H2. The molecule has 0 bridgehead atoms. The summed E-state index contributed by atoms with van der Waals surface area (Å²) in [6, 6.07) is 16.8. The Bertz CT molecular complexity index is 580. The van der Waals surface area contributed by atoms with Crippen LogP contribution in [-0.2, 0) is 6.54 Å². The summed E-state index contributed by atoms with van der Waals surface area (Å²) in [7, 11) is 0. The van der Waals surface area contributed by atoms with Crippen LogP contribution < -0.4 is 16.8 Å². The number of fused-ring (bicyclic) bond motifs is 1. The van der Waals surface area contributed by atoms with Crippen LogP contribution in [0.25, 0.3) is 0 Å². The number of hydrogen-bond acceptors (Lipinski definition) is 3. The number of rotatable bonds is 3.